The fourth-order valence-corrected chi connectivity index (χ4v) is 2.85. The molecule has 0 spiro atoms. The molecule has 0 unspecified atom stereocenters. The third-order valence-corrected chi connectivity index (χ3v) is 4.25. The van der Waals surface area contributed by atoms with Crippen LogP contribution in [-0.2, 0) is 25.8 Å². The number of carbonyl (C=O) groups excluding carboxylic acids is 1. The molecule has 1 aliphatic heterocycles. The number of rotatable bonds is 7. The lowest BCUT2D eigenvalue weighted by atomic mass is 10.2. The second-order valence-corrected chi connectivity index (χ2v) is 6.68. The number of fused-ring (bicyclic) bond motifs is 1. The molecule has 0 aliphatic carbocycles. The molecule has 25 heavy (non-hydrogen) atoms. The van der Waals surface area contributed by atoms with Crippen LogP contribution in [0.3, 0.4) is 0 Å². The summed E-state index contributed by atoms with van der Waals surface area (Å²) < 4.78 is 7.37. The van der Waals surface area contributed by atoms with Gasteiger partial charge in [-0.25, -0.2) is 9.78 Å². The second kappa shape index (κ2) is 8.13. The van der Waals surface area contributed by atoms with Crippen LogP contribution in [0.25, 0.3) is 0 Å². The summed E-state index contributed by atoms with van der Waals surface area (Å²) in [4.78, 5) is 20.7. The van der Waals surface area contributed by atoms with Crippen molar-refractivity contribution in [3.8, 4) is 0 Å². The molecular formula is C17H26N6O2. The summed E-state index contributed by atoms with van der Waals surface area (Å²) in [5.74, 6) is 2.66. The van der Waals surface area contributed by atoms with Gasteiger partial charge in [-0.05, 0) is 12.8 Å². The van der Waals surface area contributed by atoms with Crippen molar-refractivity contribution in [3.05, 3.63) is 29.4 Å². The van der Waals surface area contributed by atoms with Crippen molar-refractivity contribution in [2.24, 2.45) is 0 Å². The van der Waals surface area contributed by atoms with E-state index >= 15 is 0 Å². The Kier molecular flexibility index (Phi) is 5.67. The summed E-state index contributed by atoms with van der Waals surface area (Å²) in [5, 5.41) is 9.56. The highest BCUT2D eigenvalue weighted by Gasteiger charge is 2.12. The van der Waals surface area contributed by atoms with Gasteiger partial charge in [0, 0.05) is 51.0 Å². The lowest BCUT2D eigenvalue weighted by molar-refractivity contribution is 0.240. The summed E-state index contributed by atoms with van der Waals surface area (Å²) >= 11 is 0. The van der Waals surface area contributed by atoms with Gasteiger partial charge in [-0.15, -0.1) is 0 Å². The van der Waals surface area contributed by atoms with Gasteiger partial charge in [0.05, 0.1) is 5.69 Å². The van der Waals surface area contributed by atoms with Crippen LogP contribution in [0.4, 0.5) is 4.79 Å². The fraction of sp³-hybridized carbons (Fsp3) is 0.647. The number of carbonyl (C=O) groups is 1. The average Bonchev–Trinajstić information content (AvgIpc) is 3.21. The molecule has 0 fully saturated rings. The molecule has 0 radical (unpaired) electrons. The number of nitrogens with one attached hydrogen (secondary N) is 2. The smallest absolute Gasteiger partial charge is 0.314 e. The van der Waals surface area contributed by atoms with Gasteiger partial charge in [-0.1, -0.05) is 19.0 Å². The maximum Gasteiger partial charge on any atom is 0.314 e. The van der Waals surface area contributed by atoms with E-state index in [4.69, 9.17) is 4.52 Å². The molecule has 8 heteroatoms. The van der Waals surface area contributed by atoms with Crippen LogP contribution in [-0.4, -0.2) is 38.8 Å². The van der Waals surface area contributed by atoms with Crippen molar-refractivity contribution in [2.45, 2.75) is 58.4 Å². The normalized spacial score (nSPS) is 13.7. The number of aromatic nitrogens is 4. The number of hydrogen-bond donors (Lipinski definition) is 2. The van der Waals surface area contributed by atoms with Crippen molar-refractivity contribution in [1.82, 2.24) is 30.3 Å². The Bertz CT molecular complexity index is 682. The van der Waals surface area contributed by atoms with Gasteiger partial charge in [-0.3, -0.25) is 0 Å². The molecule has 3 heterocycles. The number of nitrogens with zero attached hydrogens (tertiary/aromatic N) is 4. The summed E-state index contributed by atoms with van der Waals surface area (Å²) in [7, 11) is 0. The van der Waals surface area contributed by atoms with E-state index in [0.29, 0.717) is 31.2 Å². The van der Waals surface area contributed by atoms with E-state index < -0.39 is 0 Å². The molecule has 8 nitrogen and oxygen atoms in total. The Morgan fingerprint density at radius 2 is 2.04 bits per heavy atom. The fourth-order valence-electron chi connectivity index (χ4n) is 2.85. The second-order valence-electron chi connectivity index (χ2n) is 6.68. The van der Waals surface area contributed by atoms with Crippen LogP contribution in [0.1, 0.15) is 55.8 Å². The van der Waals surface area contributed by atoms with Crippen LogP contribution in [0.2, 0.25) is 0 Å². The molecule has 0 bridgehead atoms. The monoisotopic (exact) mass is 346 g/mol. The molecule has 2 aromatic heterocycles. The van der Waals surface area contributed by atoms with E-state index in [2.05, 4.69) is 36.5 Å². The minimum absolute atomic E-state index is 0.187. The molecule has 2 amide bonds. The van der Waals surface area contributed by atoms with Gasteiger partial charge < -0.3 is 19.7 Å². The summed E-state index contributed by atoms with van der Waals surface area (Å²) in [5.41, 5.74) is 1.05. The topological polar surface area (TPSA) is 97.9 Å². The van der Waals surface area contributed by atoms with E-state index in [9.17, 15) is 4.79 Å². The van der Waals surface area contributed by atoms with Gasteiger partial charge in [0.2, 0.25) is 5.89 Å². The van der Waals surface area contributed by atoms with Crippen molar-refractivity contribution in [2.75, 3.05) is 13.1 Å². The van der Waals surface area contributed by atoms with Gasteiger partial charge in [0.15, 0.2) is 5.82 Å². The Balaban J connectivity index is 1.33. The summed E-state index contributed by atoms with van der Waals surface area (Å²) in [6.45, 7) is 6.11. The minimum Gasteiger partial charge on any atom is -0.339 e. The van der Waals surface area contributed by atoms with E-state index in [1.807, 2.05) is 13.8 Å². The van der Waals surface area contributed by atoms with Crippen molar-refractivity contribution in [1.29, 1.82) is 0 Å². The predicted octanol–water partition coefficient (Wildman–Crippen LogP) is 1.81. The van der Waals surface area contributed by atoms with Gasteiger partial charge in [-0.2, -0.15) is 4.98 Å². The Morgan fingerprint density at radius 1 is 1.24 bits per heavy atom. The SMILES string of the molecule is CC(C)c1noc(CCNC(=O)NCCc2cn3c(n2)CCCC3)n1. The summed E-state index contributed by atoms with van der Waals surface area (Å²) in [6.07, 6.45) is 6.88. The number of hydrogen-bond acceptors (Lipinski definition) is 5. The van der Waals surface area contributed by atoms with Gasteiger partial charge in [0.1, 0.15) is 5.82 Å². The minimum atomic E-state index is -0.187. The zero-order valence-corrected chi connectivity index (χ0v) is 14.9. The zero-order valence-electron chi connectivity index (χ0n) is 14.9. The largest absolute Gasteiger partial charge is 0.339 e. The Hall–Kier alpha value is -2.38. The van der Waals surface area contributed by atoms with Crippen LogP contribution in [0, 0.1) is 0 Å². The van der Waals surface area contributed by atoms with Crippen LogP contribution >= 0.6 is 0 Å². The molecule has 0 atom stereocenters. The molecular weight excluding hydrogens is 320 g/mol. The van der Waals surface area contributed by atoms with E-state index in [-0.39, 0.29) is 11.9 Å². The molecule has 136 valence electrons. The lowest BCUT2D eigenvalue weighted by Gasteiger charge is -2.11. The first kappa shape index (κ1) is 17.4. The number of aryl methyl sites for hydroxylation is 2. The highest BCUT2D eigenvalue weighted by Crippen LogP contribution is 2.14. The van der Waals surface area contributed by atoms with E-state index in [0.717, 1.165) is 25.1 Å². The van der Waals surface area contributed by atoms with Crippen LogP contribution < -0.4 is 10.6 Å². The predicted molar refractivity (Wildman–Crippen MR) is 92.4 cm³/mol. The lowest BCUT2D eigenvalue weighted by Crippen LogP contribution is -2.37. The number of imidazole rings is 1. The molecule has 0 saturated carbocycles. The highest BCUT2D eigenvalue weighted by atomic mass is 16.5. The molecule has 3 rings (SSSR count). The van der Waals surface area contributed by atoms with Crippen LogP contribution in [0.15, 0.2) is 10.7 Å². The first-order valence-corrected chi connectivity index (χ1v) is 9.01. The van der Waals surface area contributed by atoms with E-state index in [1.54, 1.807) is 0 Å². The molecule has 0 saturated heterocycles. The third-order valence-electron chi connectivity index (χ3n) is 4.25. The molecule has 2 N–H and O–H groups in total. The molecule has 2 aromatic rings. The average molecular weight is 346 g/mol. The number of amides is 2. The first-order valence-electron chi connectivity index (χ1n) is 9.01. The van der Waals surface area contributed by atoms with Crippen molar-refractivity contribution in [3.63, 3.8) is 0 Å². The molecule has 0 aromatic carbocycles. The maximum atomic E-state index is 11.8. The summed E-state index contributed by atoms with van der Waals surface area (Å²) in [6, 6.07) is -0.187. The Labute approximate surface area is 147 Å². The number of urea groups is 1. The Morgan fingerprint density at radius 3 is 2.76 bits per heavy atom. The van der Waals surface area contributed by atoms with Crippen molar-refractivity contribution >= 4 is 6.03 Å². The van der Waals surface area contributed by atoms with Crippen molar-refractivity contribution < 1.29 is 9.32 Å². The highest BCUT2D eigenvalue weighted by molar-refractivity contribution is 5.73. The van der Waals surface area contributed by atoms with E-state index in [1.165, 1.54) is 18.7 Å². The van der Waals surface area contributed by atoms with Crippen LogP contribution in [0.5, 0.6) is 0 Å². The van der Waals surface area contributed by atoms with Gasteiger partial charge in [0.25, 0.3) is 0 Å². The first-order chi connectivity index (χ1) is 12.1. The zero-order chi connectivity index (χ0) is 17.6. The van der Waals surface area contributed by atoms with Gasteiger partial charge >= 0.3 is 6.03 Å². The molecule has 1 aliphatic rings. The quantitative estimate of drug-likeness (QED) is 0.797. The standard InChI is InChI=1S/C17H26N6O2/c1-12(2)16-21-15(25-22-16)7-9-19-17(24)18-8-6-13-11-23-10-4-3-5-14(23)20-13/h11-12H,3-10H2,1-2H3,(H2,18,19,24). The maximum absolute atomic E-state index is 11.8. The third kappa shape index (κ3) is 4.80.